The van der Waals surface area contributed by atoms with Crippen LogP contribution in [0.5, 0.6) is 0 Å². The Balaban J connectivity index is 2.25. The highest BCUT2D eigenvalue weighted by atomic mass is 19.1. The van der Waals surface area contributed by atoms with Gasteiger partial charge in [0.25, 0.3) is 0 Å². The highest BCUT2D eigenvalue weighted by molar-refractivity contribution is 5.52. The van der Waals surface area contributed by atoms with Crippen LogP contribution in [-0.2, 0) is 0 Å². The van der Waals surface area contributed by atoms with Crippen molar-refractivity contribution in [2.24, 2.45) is 0 Å². The van der Waals surface area contributed by atoms with E-state index in [1.54, 1.807) is 0 Å². The lowest BCUT2D eigenvalue weighted by molar-refractivity contribution is 0.585. The second kappa shape index (κ2) is 4.31. The molecule has 1 aromatic carbocycles. The van der Waals surface area contributed by atoms with Crippen LogP contribution in [0.25, 0.3) is 0 Å². The molecule has 0 spiro atoms. The largest absolute Gasteiger partial charge is 0.356 e. The number of nitrogens with zero attached hydrogens (tertiary/aromatic N) is 1. The van der Waals surface area contributed by atoms with E-state index >= 15 is 0 Å². The van der Waals surface area contributed by atoms with Crippen molar-refractivity contribution in [2.45, 2.75) is 19.3 Å². The van der Waals surface area contributed by atoms with Crippen molar-refractivity contribution in [1.82, 2.24) is 0 Å². The summed E-state index contributed by atoms with van der Waals surface area (Å²) in [5.74, 6) is -1.25. The van der Waals surface area contributed by atoms with Crippen LogP contribution in [-0.4, -0.2) is 0 Å². The van der Waals surface area contributed by atoms with Gasteiger partial charge in [0.15, 0.2) is 0 Å². The Morgan fingerprint density at radius 2 is 2.06 bits per heavy atom. The number of hydrogen-bond acceptors (Lipinski definition) is 2. The molecule has 0 radical (unpaired) electrons. The molecule has 1 aromatic rings. The van der Waals surface area contributed by atoms with E-state index in [1.165, 1.54) is 12.1 Å². The summed E-state index contributed by atoms with van der Waals surface area (Å²) in [5, 5.41) is 11.7. The highest BCUT2D eigenvalue weighted by Gasteiger charge is 2.15. The minimum absolute atomic E-state index is 0.214. The second-order valence-electron chi connectivity index (χ2n) is 3.67. The van der Waals surface area contributed by atoms with Crippen LogP contribution < -0.4 is 5.32 Å². The minimum atomic E-state index is -0.642. The van der Waals surface area contributed by atoms with Crippen LogP contribution in [0, 0.1) is 23.0 Å². The van der Waals surface area contributed by atoms with E-state index in [0.29, 0.717) is 5.57 Å². The molecule has 16 heavy (non-hydrogen) atoms. The number of hydrogen-bond donors (Lipinski definition) is 1. The molecule has 0 saturated carbocycles. The normalized spacial score (nSPS) is 15.1. The molecule has 2 nitrogen and oxygen atoms in total. The van der Waals surface area contributed by atoms with Crippen molar-refractivity contribution in [1.29, 1.82) is 5.26 Å². The maximum absolute atomic E-state index is 13.3. The van der Waals surface area contributed by atoms with E-state index in [2.05, 4.69) is 11.4 Å². The lowest BCUT2D eigenvalue weighted by Crippen LogP contribution is -2.01. The summed E-state index contributed by atoms with van der Waals surface area (Å²) in [6.45, 7) is 0. The van der Waals surface area contributed by atoms with E-state index in [4.69, 9.17) is 5.26 Å². The molecule has 0 aromatic heterocycles. The zero-order valence-corrected chi connectivity index (χ0v) is 8.56. The van der Waals surface area contributed by atoms with Crippen molar-refractivity contribution in [2.75, 3.05) is 5.32 Å². The average Bonchev–Trinajstić information content (AvgIpc) is 2.69. The fraction of sp³-hybridized carbons (Fsp3) is 0.250. The first kappa shape index (κ1) is 10.6. The fourth-order valence-electron chi connectivity index (χ4n) is 1.76. The van der Waals surface area contributed by atoms with Crippen molar-refractivity contribution in [3.8, 4) is 6.07 Å². The van der Waals surface area contributed by atoms with E-state index in [-0.39, 0.29) is 5.69 Å². The van der Waals surface area contributed by atoms with Gasteiger partial charge in [-0.2, -0.15) is 5.26 Å². The quantitative estimate of drug-likeness (QED) is 0.829. The number of benzene rings is 1. The molecule has 0 saturated heterocycles. The van der Waals surface area contributed by atoms with Crippen LogP contribution in [0.2, 0.25) is 0 Å². The van der Waals surface area contributed by atoms with Crippen molar-refractivity contribution >= 4 is 5.69 Å². The molecule has 0 fully saturated rings. The molecule has 1 N–H and O–H groups in total. The zero-order valence-electron chi connectivity index (χ0n) is 8.56. The Labute approximate surface area is 92.2 Å². The smallest absolute Gasteiger partial charge is 0.149 e. The maximum Gasteiger partial charge on any atom is 0.149 e. The molecule has 0 unspecified atom stereocenters. The SMILES string of the molecule is N#CC1=C(Nc2ccc(F)cc2F)CCC1. The van der Waals surface area contributed by atoms with Gasteiger partial charge in [0.2, 0.25) is 0 Å². The number of nitriles is 1. The lowest BCUT2D eigenvalue weighted by atomic mass is 10.2. The van der Waals surface area contributed by atoms with Gasteiger partial charge >= 0.3 is 0 Å². The summed E-state index contributed by atoms with van der Waals surface area (Å²) in [7, 11) is 0. The van der Waals surface area contributed by atoms with Gasteiger partial charge in [-0.15, -0.1) is 0 Å². The van der Waals surface area contributed by atoms with Gasteiger partial charge in [-0.25, -0.2) is 8.78 Å². The molecule has 2 rings (SSSR count). The molecule has 0 aliphatic heterocycles. The minimum Gasteiger partial charge on any atom is -0.356 e. The fourth-order valence-corrected chi connectivity index (χ4v) is 1.76. The van der Waals surface area contributed by atoms with E-state index < -0.39 is 11.6 Å². The summed E-state index contributed by atoms with van der Waals surface area (Å²) < 4.78 is 26.0. The third-order valence-corrected chi connectivity index (χ3v) is 2.57. The standard InChI is InChI=1S/C12H10F2N2/c13-9-4-5-12(10(14)6-9)16-11-3-1-2-8(11)7-15/h4-6,16H,1-3H2. The average molecular weight is 220 g/mol. The lowest BCUT2D eigenvalue weighted by Gasteiger charge is -2.08. The summed E-state index contributed by atoms with van der Waals surface area (Å²) in [4.78, 5) is 0. The molecular weight excluding hydrogens is 210 g/mol. The first-order valence-corrected chi connectivity index (χ1v) is 5.05. The Morgan fingerprint density at radius 1 is 1.25 bits per heavy atom. The van der Waals surface area contributed by atoms with Crippen molar-refractivity contribution in [3.63, 3.8) is 0 Å². The number of halogens is 2. The van der Waals surface area contributed by atoms with Crippen molar-refractivity contribution in [3.05, 3.63) is 41.1 Å². The van der Waals surface area contributed by atoms with Gasteiger partial charge in [0.05, 0.1) is 11.8 Å². The van der Waals surface area contributed by atoms with Gasteiger partial charge in [0.1, 0.15) is 11.6 Å². The van der Waals surface area contributed by atoms with E-state index in [0.717, 1.165) is 31.0 Å². The molecule has 82 valence electrons. The topological polar surface area (TPSA) is 35.8 Å². The Hall–Kier alpha value is -1.89. The van der Waals surface area contributed by atoms with Crippen LogP contribution in [0.15, 0.2) is 29.5 Å². The van der Waals surface area contributed by atoms with Crippen molar-refractivity contribution < 1.29 is 8.78 Å². The molecular formula is C12H10F2N2. The molecule has 0 amide bonds. The first-order valence-electron chi connectivity index (χ1n) is 5.05. The van der Waals surface area contributed by atoms with Gasteiger partial charge in [-0.3, -0.25) is 0 Å². The van der Waals surface area contributed by atoms with Crippen LogP contribution >= 0.6 is 0 Å². The number of anilines is 1. The third kappa shape index (κ3) is 2.03. The molecule has 0 atom stereocenters. The predicted octanol–water partition coefficient (Wildman–Crippen LogP) is 3.34. The Bertz CT molecular complexity index is 486. The molecule has 1 aliphatic rings. The van der Waals surface area contributed by atoms with Gasteiger partial charge in [-0.1, -0.05) is 0 Å². The third-order valence-electron chi connectivity index (χ3n) is 2.57. The number of allylic oxidation sites excluding steroid dienone is 2. The summed E-state index contributed by atoms with van der Waals surface area (Å²) in [5.41, 5.74) is 1.61. The molecule has 0 bridgehead atoms. The molecule has 1 aliphatic carbocycles. The van der Waals surface area contributed by atoms with Crippen LogP contribution in [0.1, 0.15) is 19.3 Å². The van der Waals surface area contributed by atoms with Crippen LogP contribution in [0.4, 0.5) is 14.5 Å². The number of nitrogens with one attached hydrogen (secondary N) is 1. The second-order valence-corrected chi connectivity index (χ2v) is 3.67. The summed E-state index contributed by atoms with van der Waals surface area (Å²) in [6, 6.07) is 5.43. The van der Waals surface area contributed by atoms with Gasteiger partial charge in [-0.05, 0) is 31.4 Å². The van der Waals surface area contributed by atoms with Gasteiger partial charge < -0.3 is 5.32 Å². The first-order chi connectivity index (χ1) is 7.70. The predicted molar refractivity (Wildman–Crippen MR) is 56.5 cm³/mol. The highest BCUT2D eigenvalue weighted by Crippen LogP contribution is 2.27. The van der Waals surface area contributed by atoms with Gasteiger partial charge in [0, 0.05) is 17.3 Å². The van der Waals surface area contributed by atoms with Crippen LogP contribution in [0.3, 0.4) is 0 Å². The maximum atomic E-state index is 13.3. The Kier molecular flexibility index (Phi) is 2.86. The summed E-state index contributed by atoms with van der Waals surface area (Å²) >= 11 is 0. The molecule has 4 heteroatoms. The number of rotatable bonds is 2. The molecule has 0 heterocycles. The van der Waals surface area contributed by atoms with E-state index in [1.807, 2.05) is 0 Å². The Morgan fingerprint density at radius 3 is 2.75 bits per heavy atom. The summed E-state index contributed by atoms with van der Waals surface area (Å²) in [6.07, 6.45) is 2.36. The zero-order chi connectivity index (χ0) is 11.5. The van der Waals surface area contributed by atoms with E-state index in [9.17, 15) is 8.78 Å². The monoisotopic (exact) mass is 220 g/mol.